The summed E-state index contributed by atoms with van der Waals surface area (Å²) < 4.78 is 0. The van der Waals surface area contributed by atoms with Crippen LogP contribution in [0.3, 0.4) is 0 Å². The van der Waals surface area contributed by atoms with E-state index in [2.05, 4.69) is 10.6 Å². The predicted octanol–water partition coefficient (Wildman–Crippen LogP) is -3.18. The van der Waals surface area contributed by atoms with E-state index in [1.165, 1.54) is 11.8 Å². The molecule has 0 rings (SSSR count). The third-order valence-corrected chi connectivity index (χ3v) is 4.93. The van der Waals surface area contributed by atoms with Gasteiger partial charge in [0.15, 0.2) is 0 Å². The molecule has 0 radical (unpaired) electrons. The van der Waals surface area contributed by atoms with Crippen LogP contribution in [0, 0.1) is 0 Å². The second-order valence-corrected chi connectivity index (χ2v) is 8.10. The first-order chi connectivity index (χ1) is 15.8. The number of carboxylic acids is 3. The molecular formula is C18H29N5O10S. The van der Waals surface area contributed by atoms with Crippen molar-refractivity contribution in [2.24, 2.45) is 11.5 Å². The molecule has 10 N–H and O–H groups in total. The molecule has 4 unspecified atom stereocenters. The fourth-order valence-corrected chi connectivity index (χ4v) is 3.01. The van der Waals surface area contributed by atoms with Crippen molar-refractivity contribution in [3.05, 3.63) is 0 Å². The van der Waals surface area contributed by atoms with Gasteiger partial charge in [0.05, 0.1) is 18.9 Å². The number of primary amides is 1. The number of hydrogen-bond donors (Lipinski definition) is 8. The number of carbonyl (C=O) groups excluding carboxylic acids is 4. The van der Waals surface area contributed by atoms with Crippen LogP contribution in [0.4, 0.5) is 0 Å². The lowest BCUT2D eigenvalue weighted by Crippen LogP contribution is -2.57. The molecular weight excluding hydrogens is 478 g/mol. The molecule has 0 aliphatic carbocycles. The van der Waals surface area contributed by atoms with Crippen molar-refractivity contribution in [2.75, 3.05) is 12.0 Å². The van der Waals surface area contributed by atoms with Crippen LogP contribution in [0.25, 0.3) is 0 Å². The first kappa shape index (κ1) is 30.6. The number of thioether (sulfide) groups is 1. The largest absolute Gasteiger partial charge is 0.481 e. The highest BCUT2D eigenvalue weighted by molar-refractivity contribution is 7.98. The summed E-state index contributed by atoms with van der Waals surface area (Å²) in [6.07, 6.45) is -0.662. The Kier molecular flexibility index (Phi) is 13.9. The molecule has 0 spiro atoms. The van der Waals surface area contributed by atoms with Gasteiger partial charge in [0.25, 0.3) is 0 Å². The van der Waals surface area contributed by atoms with E-state index >= 15 is 0 Å². The van der Waals surface area contributed by atoms with Crippen molar-refractivity contribution in [1.82, 2.24) is 16.0 Å². The van der Waals surface area contributed by atoms with Crippen LogP contribution in [-0.4, -0.2) is 93.0 Å². The van der Waals surface area contributed by atoms with E-state index < -0.39 is 91.4 Å². The molecule has 16 heteroatoms. The minimum atomic E-state index is -1.81. The first-order valence-corrected chi connectivity index (χ1v) is 11.3. The molecule has 0 bridgehead atoms. The van der Waals surface area contributed by atoms with E-state index in [1.807, 2.05) is 5.32 Å². The van der Waals surface area contributed by atoms with Gasteiger partial charge >= 0.3 is 17.9 Å². The number of nitrogens with one attached hydrogen (secondary N) is 3. The molecule has 0 aromatic heterocycles. The topological polar surface area (TPSA) is 268 Å². The normalized spacial score (nSPS) is 14.1. The number of hydrogen-bond acceptors (Lipinski definition) is 9. The van der Waals surface area contributed by atoms with E-state index in [4.69, 9.17) is 26.8 Å². The summed E-state index contributed by atoms with van der Waals surface area (Å²) in [7, 11) is 0. The molecule has 0 saturated carbocycles. The van der Waals surface area contributed by atoms with Gasteiger partial charge in [-0.05, 0) is 24.9 Å². The molecule has 0 fully saturated rings. The van der Waals surface area contributed by atoms with Crippen molar-refractivity contribution in [3.63, 3.8) is 0 Å². The lowest BCUT2D eigenvalue weighted by atomic mass is 10.1. The number of carboxylic acid groups (broad SMARTS) is 3. The number of aliphatic carboxylic acids is 3. The molecule has 34 heavy (non-hydrogen) atoms. The average Bonchev–Trinajstić information content (AvgIpc) is 2.72. The molecule has 192 valence electrons. The van der Waals surface area contributed by atoms with Gasteiger partial charge in [0.1, 0.15) is 18.1 Å². The Balaban J connectivity index is 5.56. The van der Waals surface area contributed by atoms with Crippen LogP contribution in [0.1, 0.15) is 32.1 Å². The van der Waals surface area contributed by atoms with Crippen molar-refractivity contribution in [2.45, 2.75) is 56.3 Å². The van der Waals surface area contributed by atoms with Crippen LogP contribution in [0.15, 0.2) is 0 Å². The molecule has 0 aliphatic heterocycles. The molecule has 0 aliphatic rings. The molecule has 15 nitrogen and oxygen atoms in total. The van der Waals surface area contributed by atoms with E-state index in [0.29, 0.717) is 5.75 Å². The smallest absolute Gasteiger partial charge is 0.326 e. The van der Waals surface area contributed by atoms with Crippen molar-refractivity contribution in [3.8, 4) is 0 Å². The lowest BCUT2D eigenvalue weighted by molar-refractivity contribution is -0.144. The quantitative estimate of drug-likeness (QED) is 0.0968. The zero-order valence-corrected chi connectivity index (χ0v) is 19.1. The second-order valence-electron chi connectivity index (χ2n) is 7.11. The summed E-state index contributed by atoms with van der Waals surface area (Å²) in [6.45, 7) is 0. The van der Waals surface area contributed by atoms with E-state index in [0.717, 1.165) is 0 Å². The van der Waals surface area contributed by atoms with Crippen LogP contribution in [0.2, 0.25) is 0 Å². The summed E-state index contributed by atoms with van der Waals surface area (Å²) in [5, 5.41) is 33.3. The molecule has 4 amide bonds. The summed E-state index contributed by atoms with van der Waals surface area (Å²) in [5.74, 6) is -8.05. The third-order valence-electron chi connectivity index (χ3n) is 4.28. The summed E-state index contributed by atoms with van der Waals surface area (Å²) in [6, 6.07) is -6.08. The fourth-order valence-electron chi connectivity index (χ4n) is 2.52. The average molecular weight is 508 g/mol. The van der Waals surface area contributed by atoms with Gasteiger partial charge < -0.3 is 42.7 Å². The standard InChI is InChI=1S/C18H29N5O10S/c1-34-5-4-8(19)15(29)21-9(2-3-13(25)26)16(30)22-10(7-14(27)28)17(31)23-11(18(32)33)6-12(20)24/h8-11H,2-7,19H2,1H3,(H2,20,24)(H,21,29)(H,22,30)(H,23,31)(H,25,26)(H,27,28)(H,32,33). The molecule has 0 saturated heterocycles. The van der Waals surface area contributed by atoms with Gasteiger partial charge in [-0.1, -0.05) is 0 Å². The van der Waals surface area contributed by atoms with Gasteiger partial charge in [-0.25, -0.2) is 4.79 Å². The highest BCUT2D eigenvalue weighted by Crippen LogP contribution is 2.05. The zero-order chi connectivity index (χ0) is 26.4. The maximum absolute atomic E-state index is 12.7. The van der Waals surface area contributed by atoms with Crippen molar-refractivity contribution < 1.29 is 48.9 Å². The summed E-state index contributed by atoms with van der Waals surface area (Å²) in [4.78, 5) is 81.7. The van der Waals surface area contributed by atoms with Crippen LogP contribution in [0.5, 0.6) is 0 Å². The second kappa shape index (κ2) is 15.4. The molecule has 4 atom stereocenters. The van der Waals surface area contributed by atoms with Gasteiger partial charge in [-0.2, -0.15) is 11.8 Å². The van der Waals surface area contributed by atoms with Gasteiger partial charge in [0, 0.05) is 6.42 Å². The summed E-state index contributed by atoms with van der Waals surface area (Å²) in [5.41, 5.74) is 10.7. The Labute approximate surface area is 198 Å². The minimum Gasteiger partial charge on any atom is -0.481 e. The number of rotatable bonds is 17. The Morgan fingerprint density at radius 2 is 1.29 bits per heavy atom. The van der Waals surface area contributed by atoms with E-state index in [1.54, 1.807) is 6.26 Å². The molecule has 0 aromatic carbocycles. The van der Waals surface area contributed by atoms with Crippen molar-refractivity contribution >= 4 is 53.3 Å². The predicted molar refractivity (Wildman–Crippen MR) is 117 cm³/mol. The first-order valence-electron chi connectivity index (χ1n) is 9.88. The Hall–Kier alpha value is -3.40. The highest BCUT2D eigenvalue weighted by Gasteiger charge is 2.32. The van der Waals surface area contributed by atoms with Gasteiger partial charge in [-0.15, -0.1) is 0 Å². The van der Waals surface area contributed by atoms with Gasteiger partial charge in [0.2, 0.25) is 23.6 Å². The van der Waals surface area contributed by atoms with Crippen molar-refractivity contribution in [1.29, 1.82) is 0 Å². The van der Waals surface area contributed by atoms with Gasteiger partial charge in [-0.3, -0.25) is 28.8 Å². The number of amides is 4. The third kappa shape index (κ3) is 12.6. The maximum Gasteiger partial charge on any atom is 0.326 e. The highest BCUT2D eigenvalue weighted by atomic mass is 32.2. The number of carbonyl (C=O) groups is 7. The monoisotopic (exact) mass is 507 g/mol. The Morgan fingerprint density at radius 3 is 1.76 bits per heavy atom. The Bertz CT molecular complexity index is 793. The van der Waals surface area contributed by atoms with E-state index in [9.17, 15) is 33.6 Å². The summed E-state index contributed by atoms with van der Waals surface area (Å²) >= 11 is 1.43. The lowest BCUT2D eigenvalue weighted by Gasteiger charge is -2.24. The SMILES string of the molecule is CSCCC(N)C(=O)NC(CCC(=O)O)C(=O)NC(CC(=O)O)C(=O)NC(CC(N)=O)C(=O)O. The fraction of sp³-hybridized carbons (Fsp3) is 0.611. The van der Waals surface area contributed by atoms with E-state index in [-0.39, 0.29) is 6.42 Å². The maximum atomic E-state index is 12.7. The molecule has 0 aromatic rings. The number of nitrogens with two attached hydrogens (primary N) is 2. The molecule has 0 heterocycles. The van der Waals surface area contributed by atoms with Crippen LogP contribution in [-0.2, 0) is 33.6 Å². The van der Waals surface area contributed by atoms with Crippen LogP contribution >= 0.6 is 11.8 Å². The zero-order valence-electron chi connectivity index (χ0n) is 18.3. The Morgan fingerprint density at radius 1 is 0.765 bits per heavy atom. The minimum absolute atomic E-state index is 0.265. The van der Waals surface area contributed by atoms with Crippen LogP contribution < -0.4 is 27.4 Å².